The fraction of sp³-hybridized carbons (Fsp3) is 0.167. The number of hydrogen-bond acceptors (Lipinski definition) is 1. The number of rotatable bonds is 0. The van der Waals surface area contributed by atoms with Crippen LogP contribution in [-0.2, 0) is 0 Å². The molecule has 0 fully saturated rings. The van der Waals surface area contributed by atoms with E-state index in [4.69, 9.17) is 28.9 Å². The lowest BCUT2D eigenvalue weighted by Gasteiger charge is -2.19. The third-order valence-corrected chi connectivity index (χ3v) is 1.67. The number of allylic oxidation sites excluding steroid dienone is 2. The van der Waals surface area contributed by atoms with Crippen molar-refractivity contribution in [3.8, 4) is 0 Å². The van der Waals surface area contributed by atoms with Gasteiger partial charge in [-0.25, -0.2) is 4.79 Å². The Labute approximate surface area is 74.0 Å². The minimum Gasteiger partial charge on any atom is -0.351 e. The average Bonchev–Trinajstić information content (AvgIpc) is 1.86. The van der Waals surface area contributed by atoms with Crippen molar-refractivity contribution in [2.24, 2.45) is 5.73 Å². The topological polar surface area (TPSA) is 46.3 Å². The van der Waals surface area contributed by atoms with E-state index in [1.807, 2.05) is 0 Å². The predicted octanol–water partition coefficient (Wildman–Crippen LogP) is 1.58. The molecule has 1 aliphatic rings. The molecular weight excluding hydrogens is 187 g/mol. The molecule has 0 aliphatic carbocycles. The highest BCUT2D eigenvalue weighted by atomic mass is 35.5. The molecule has 3 nitrogen and oxygen atoms in total. The van der Waals surface area contributed by atoms with Gasteiger partial charge in [0.15, 0.2) is 4.33 Å². The SMILES string of the molecule is NC(=O)N1C=CC(Cl)(Cl)C=C1. The Bertz CT molecular complexity index is 219. The van der Waals surface area contributed by atoms with Gasteiger partial charge < -0.3 is 5.73 Å². The van der Waals surface area contributed by atoms with Gasteiger partial charge in [-0.15, -0.1) is 0 Å². The van der Waals surface area contributed by atoms with Gasteiger partial charge in [0.1, 0.15) is 0 Å². The van der Waals surface area contributed by atoms with Gasteiger partial charge in [0.05, 0.1) is 0 Å². The van der Waals surface area contributed by atoms with Crippen LogP contribution in [-0.4, -0.2) is 15.3 Å². The van der Waals surface area contributed by atoms with Crippen LogP contribution in [0.2, 0.25) is 0 Å². The lowest BCUT2D eigenvalue weighted by atomic mass is 10.3. The minimum atomic E-state index is -1.02. The summed E-state index contributed by atoms with van der Waals surface area (Å²) >= 11 is 11.3. The number of urea groups is 1. The predicted molar refractivity (Wildman–Crippen MR) is 44.1 cm³/mol. The number of hydrogen-bond donors (Lipinski definition) is 1. The van der Waals surface area contributed by atoms with Gasteiger partial charge in [-0.3, -0.25) is 4.90 Å². The van der Waals surface area contributed by atoms with Crippen molar-refractivity contribution in [2.45, 2.75) is 4.33 Å². The zero-order chi connectivity index (χ0) is 8.48. The molecule has 2 amide bonds. The van der Waals surface area contributed by atoms with Crippen molar-refractivity contribution in [3.63, 3.8) is 0 Å². The summed E-state index contributed by atoms with van der Waals surface area (Å²) in [7, 11) is 0. The van der Waals surface area contributed by atoms with Crippen LogP contribution in [0.25, 0.3) is 0 Å². The number of carbonyl (C=O) groups excluding carboxylic acids is 1. The first-order chi connectivity index (χ1) is 5.01. The fourth-order valence-corrected chi connectivity index (χ4v) is 0.837. The Morgan fingerprint density at radius 3 is 2.18 bits per heavy atom. The van der Waals surface area contributed by atoms with Gasteiger partial charge in [0.2, 0.25) is 0 Å². The van der Waals surface area contributed by atoms with Gasteiger partial charge in [-0.1, -0.05) is 23.2 Å². The highest BCUT2D eigenvalue weighted by Crippen LogP contribution is 2.27. The highest BCUT2D eigenvalue weighted by molar-refractivity contribution is 6.51. The number of primary amides is 1. The molecule has 2 N–H and O–H groups in total. The van der Waals surface area contributed by atoms with Crippen LogP contribution in [0.5, 0.6) is 0 Å². The summed E-state index contributed by atoms with van der Waals surface area (Å²) in [6, 6.07) is -0.568. The molecule has 0 bridgehead atoms. The van der Waals surface area contributed by atoms with Gasteiger partial charge in [0.25, 0.3) is 0 Å². The molecule has 0 saturated heterocycles. The van der Waals surface area contributed by atoms with Crippen molar-refractivity contribution in [2.75, 3.05) is 0 Å². The molecule has 0 radical (unpaired) electrons. The lowest BCUT2D eigenvalue weighted by Crippen LogP contribution is -2.29. The van der Waals surface area contributed by atoms with Crippen molar-refractivity contribution in [1.82, 2.24) is 4.90 Å². The number of alkyl halides is 2. The van der Waals surface area contributed by atoms with E-state index in [0.717, 1.165) is 0 Å². The van der Waals surface area contributed by atoms with Crippen molar-refractivity contribution < 1.29 is 4.79 Å². The van der Waals surface area contributed by atoms with Crippen molar-refractivity contribution in [1.29, 1.82) is 0 Å². The average molecular weight is 193 g/mol. The molecule has 60 valence electrons. The summed E-state index contributed by atoms with van der Waals surface area (Å²) in [6.45, 7) is 0. The van der Waals surface area contributed by atoms with Gasteiger partial charge in [-0.05, 0) is 12.2 Å². The van der Waals surface area contributed by atoms with Crippen LogP contribution >= 0.6 is 23.2 Å². The van der Waals surface area contributed by atoms with Gasteiger partial charge in [-0.2, -0.15) is 0 Å². The van der Waals surface area contributed by atoms with Crippen LogP contribution in [0.4, 0.5) is 4.79 Å². The maximum atomic E-state index is 10.5. The molecule has 1 rings (SSSR count). The van der Waals surface area contributed by atoms with Gasteiger partial charge >= 0.3 is 6.03 Å². The van der Waals surface area contributed by atoms with E-state index < -0.39 is 10.4 Å². The molecule has 5 heteroatoms. The Morgan fingerprint density at radius 1 is 1.36 bits per heavy atom. The van der Waals surface area contributed by atoms with Crippen LogP contribution in [0, 0.1) is 0 Å². The third kappa shape index (κ3) is 2.13. The number of nitrogens with zero attached hydrogens (tertiary/aromatic N) is 1. The first-order valence-corrected chi connectivity index (χ1v) is 3.61. The quantitative estimate of drug-likeness (QED) is 0.583. The largest absolute Gasteiger partial charge is 0.351 e. The number of carbonyl (C=O) groups is 1. The summed E-state index contributed by atoms with van der Waals surface area (Å²) in [5.74, 6) is 0. The second-order valence-corrected chi connectivity index (χ2v) is 3.50. The molecule has 11 heavy (non-hydrogen) atoms. The maximum absolute atomic E-state index is 10.5. The molecule has 1 aliphatic heterocycles. The van der Waals surface area contributed by atoms with Gasteiger partial charge in [0, 0.05) is 12.4 Å². The summed E-state index contributed by atoms with van der Waals surface area (Å²) in [5, 5.41) is 0. The van der Waals surface area contributed by atoms with E-state index in [1.54, 1.807) is 0 Å². The lowest BCUT2D eigenvalue weighted by molar-refractivity contribution is 0.235. The highest BCUT2D eigenvalue weighted by Gasteiger charge is 2.20. The zero-order valence-corrected chi connectivity index (χ0v) is 7.01. The summed E-state index contributed by atoms with van der Waals surface area (Å²) in [6.07, 6.45) is 5.76. The smallest absolute Gasteiger partial charge is 0.322 e. The van der Waals surface area contributed by atoms with Crippen LogP contribution in [0.15, 0.2) is 24.6 Å². The standard InChI is InChI=1S/C6H6Cl2N2O/c7-6(8)1-3-10(4-2-6)5(9)11/h1-4H,(H2,9,11). The van der Waals surface area contributed by atoms with Crippen molar-refractivity contribution in [3.05, 3.63) is 24.6 Å². The first kappa shape index (κ1) is 8.43. The fourth-order valence-electron chi connectivity index (χ4n) is 0.612. The second kappa shape index (κ2) is 2.75. The monoisotopic (exact) mass is 192 g/mol. The van der Waals surface area contributed by atoms with E-state index in [1.165, 1.54) is 29.5 Å². The molecule has 0 unspecified atom stereocenters. The second-order valence-electron chi connectivity index (χ2n) is 2.05. The maximum Gasteiger partial charge on any atom is 0.322 e. The van der Waals surface area contributed by atoms with E-state index in [2.05, 4.69) is 0 Å². The summed E-state index contributed by atoms with van der Waals surface area (Å²) in [5.41, 5.74) is 4.95. The number of amides is 2. The Morgan fingerprint density at radius 2 is 1.82 bits per heavy atom. The van der Waals surface area contributed by atoms with Crippen molar-refractivity contribution >= 4 is 29.2 Å². The number of halogens is 2. The molecule has 0 saturated carbocycles. The zero-order valence-electron chi connectivity index (χ0n) is 5.50. The summed E-state index contributed by atoms with van der Waals surface area (Å²) in [4.78, 5) is 11.7. The molecule has 0 atom stereocenters. The molecule has 0 aromatic heterocycles. The molecule has 1 heterocycles. The third-order valence-electron chi connectivity index (χ3n) is 1.17. The van der Waals surface area contributed by atoms with E-state index in [9.17, 15) is 4.79 Å². The van der Waals surface area contributed by atoms with Crippen LogP contribution in [0.3, 0.4) is 0 Å². The molecule has 0 spiro atoms. The molecular formula is C6H6Cl2N2O. The number of nitrogens with two attached hydrogens (primary N) is 1. The van der Waals surface area contributed by atoms with E-state index in [-0.39, 0.29) is 0 Å². The molecule has 0 aromatic carbocycles. The Kier molecular flexibility index (Phi) is 2.11. The van der Waals surface area contributed by atoms with E-state index in [0.29, 0.717) is 0 Å². The first-order valence-electron chi connectivity index (χ1n) is 2.85. The Balaban J connectivity index is 2.72. The normalized spacial score (nSPS) is 20.4. The van der Waals surface area contributed by atoms with Crippen LogP contribution in [0.1, 0.15) is 0 Å². The summed E-state index contributed by atoms with van der Waals surface area (Å²) < 4.78 is -1.02. The van der Waals surface area contributed by atoms with E-state index >= 15 is 0 Å². The van der Waals surface area contributed by atoms with Crippen LogP contribution < -0.4 is 5.73 Å². The Hall–Kier alpha value is -0.670. The minimum absolute atomic E-state index is 0.568. The molecule has 0 aromatic rings.